The van der Waals surface area contributed by atoms with Crippen LogP contribution < -0.4 is 14.2 Å². The van der Waals surface area contributed by atoms with Crippen LogP contribution in [0.3, 0.4) is 0 Å². The molecule has 2 aromatic carbocycles. The molecule has 0 aliphatic carbocycles. The van der Waals surface area contributed by atoms with Gasteiger partial charge in [0.2, 0.25) is 10.0 Å². The molecule has 0 saturated carbocycles. The monoisotopic (exact) mass is 355 g/mol. The second kappa shape index (κ2) is 7.68. The van der Waals surface area contributed by atoms with Gasteiger partial charge in [-0.2, -0.15) is 0 Å². The molecule has 0 heterocycles. The highest BCUT2D eigenvalue weighted by Crippen LogP contribution is 2.26. The number of ether oxygens (including phenoxy) is 2. The first kappa shape index (κ1) is 17.6. The number of para-hydroxylation sites is 1. The Hall–Kier alpha value is -1.76. The third-order valence-corrected chi connectivity index (χ3v) is 5.07. The number of hydrogen-bond donors (Lipinski definition) is 1. The van der Waals surface area contributed by atoms with Gasteiger partial charge in [0.05, 0.1) is 24.1 Å². The molecule has 1 N–H and O–H groups in total. The summed E-state index contributed by atoms with van der Waals surface area (Å²) in [6, 6.07) is 11.8. The van der Waals surface area contributed by atoms with Crippen molar-refractivity contribution in [3.8, 4) is 11.5 Å². The molecule has 5 nitrogen and oxygen atoms in total. The Morgan fingerprint density at radius 2 is 1.74 bits per heavy atom. The van der Waals surface area contributed by atoms with Crippen molar-refractivity contribution >= 4 is 21.6 Å². The minimum Gasteiger partial charge on any atom is -0.496 e. The predicted molar refractivity (Wildman–Crippen MR) is 89.9 cm³/mol. The van der Waals surface area contributed by atoms with Crippen molar-refractivity contribution in [3.05, 3.63) is 53.1 Å². The standard InChI is InChI=1S/C16H18ClNO4S/c1-21-15-6-4-3-5-12(15)9-10-18-23(19,20)13-7-8-16(22-2)14(17)11-13/h3-8,11,18H,9-10H2,1-2H3. The van der Waals surface area contributed by atoms with E-state index in [0.717, 1.165) is 11.3 Å². The first-order valence-corrected chi connectivity index (χ1v) is 8.79. The van der Waals surface area contributed by atoms with Gasteiger partial charge in [-0.3, -0.25) is 0 Å². The number of rotatable bonds is 7. The molecule has 2 rings (SSSR count). The number of methoxy groups -OCH3 is 2. The van der Waals surface area contributed by atoms with E-state index < -0.39 is 10.0 Å². The summed E-state index contributed by atoms with van der Waals surface area (Å²) in [7, 11) is -0.570. The van der Waals surface area contributed by atoms with E-state index in [1.165, 1.54) is 25.3 Å². The highest BCUT2D eigenvalue weighted by molar-refractivity contribution is 7.89. The van der Waals surface area contributed by atoms with E-state index in [-0.39, 0.29) is 16.5 Å². The van der Waals surface area contributed by atoms with Crippen molar-refractivity contribution in [2.24, 2.45) is 0 Å². The maximum atomic E-state index is 12.3. The van der Waals surface area contributed by atoms with E-state index in [4.69, 9.17) is 21.1 Å². The number of halogens is 1. The molecule has 0 spiro atoms. The van der Waals surface area contributed by atoms with Crippen molar-refractivity contribution in [2.75, 3.05) is 20.8 Å². The summed E-state index contributed by atoms with van der Waals surface area (Å²) in [6.07, 6.45) is 0.521. The van der Waals surface area contributed by atoms with E-state index in [1.54, 1.807) is 7.11 Å². The second-order valence-electron chi connectivity index (χ2n) is 4.76. The van der Waals surface area contributed by atoms with Crippen molar-refractivity contribution in [1.29, 1.82) is 0 Å². The van der Waals surface area contributed by atoms with Crippen LogP contribution >= 0.6 is 11.6 Å². The molecule has 23 heavy (non-hydrogen) atoms. The van der Waals surface area contributed by atoms with Crippen molar-refractivity contribution in [1.82, 2.24) is 4.72 Å². The second-order valence-corrected chi connectivity index (χ2v) is 6.93. The van der Waals surface area contributed by atoms with Crippen LogP contribution in [0.5, 0.6) is 11.5 Å². The number of sulfonamides is 1. The largest absolute Gasteiger partial charge is 0.496 e. The molecule has 0 atom stereocenters. The molecule has 0 radical (unpaired) electrons. The molecule has 2 aromatic rings. The van der Waals surface area contributed by atoms with E-state index in [9.17, 15) is 8.42 Å². The zero-order valence-electron chi connectivity index (χ0n) is 12.9. The number of hydrogen-bond acceptors (Lipinski definition) is 4. The zero-order chi connectivity index (χ0) is 16.9. The number of benzene rings is 2. The highest BCUT2D eigenvalue weighted by atomic mass is 35.5. The summed E-state index contributed by atoms with van der Waals surface area (Å²) in [5.74, 6) is 1.17. The molecule has 0 bridgehead atoms. The Balaban J connectivity index is 2.06. The van der Waals surface area contributed by atoms with Crippen LogP contribution in [0.25, 0.3) is 0 Å². The van der Waals surface area contributed by atoms with E-state index in [1.807, 2.05) is 24.3 Å². The molecule has 0 aromatic heterocycles. The van der Waals surface area contributed by atoms with Gasteiger partial charge in [0.1, 0.15) is 11.5 Å². The Labute approximate surface area is 141 Å². The average Bonchev–Trinajstić information content (AvgIpc) is 2.55. The Bertz CT molecular complexity index is 777. The van der Waals surface area contributed by atoms with Gasteiger partial charge in [-0.05, 0) is 36.2 Å². The fraction of sp³-hybridized carbons (Fsp3) is 0.250. The van der Waals surface area contributed by atoms with Gasteiger partial charge < -0.3 is 9.47 Å². The van der Waals surface area contributed by atoms with Crippen LogP contribution in [0.4, 0.5) is 0 Å². The molecule has 0 fully saturated rings. The Morgan fingerprint density at radius 3 is 2.39 bits per heavy atom. The zero-order valence-corrected chi connectivity index (χ0v) is 14.4. The molecule has 124 valence electrons. The van der Waals surface area contributed by atoms with Crippen LogP contribution in [-0.4, -0.2) is 29.2 Å². The van der Waals surface area contributed by atoms with Gasteiger partial charge in [0.25, 0.3) is 0 Å². The SMILES string of the molecule is COc1ccc(S(=O)(=O)NCCc2ccccc2OC)cc1Cl. The lowest BCUT2D eigenvalue weighted by molar-refractivity contribution is 0.409. The topological polar surface area (TPSA) is 64.6 Å². The molecule has 0 saturated heterocycles. The van der Waals surface area contributed by atoms with Gasteiger partial charge in [-0.15, -0.1) is 0 Å². The van der Waals surface area contributed by atoms with Crippen molar-refractivity contribution < 1.29 is 17.9 Å². The summed E-state index contributed by atoms with van der Waals surface area (Å²) in [6.45, 7) is 0.256. The van der Waals surface area contributed by atoms with Crippen LogP contribution in [0.2, 0.25) is 5.02 Å². The predicted octanol–water partition coefficient (Wildman–Crippen LogP) is 2.88. The van der Waals surface area contributed by atoms with Crippen molar-refractivity contribution in [3.63, 3.8) is 0 Å². The van der Waals surface area contributed by atoms with Crippen molar-refractivity contribution in [2.45, 2.75) is 11.3 Å². The lowest BCUT2D eigenvalue weighted by Crippen LogP contribution is -2.26. The van der Waals surface area contributed by atoms with Crippen LogP contribution in [0.15, 0.2) is 47.4 Å². The summed E-state index contributed by atoms with van der Waals surface area (Å²) in [5, 5.41) is 0.250. The normalized spacial score (nSPS) is 11.3. The Morgan fingerprint density at radius 1 is 1.04 bits per heavy atom. The Kier molecular flexibility index (Phi) is 5.87. The summed E-state index contributed by atoms with van der Waals surface area (Å²) >= 11 is 5.97. The molecule has 0 amide bonds. The lowest BCUT2D eigenvalue weighted by atomic mass is 10.1. The highest BCUT2D eigenvalue weighted by Gasteiger charge is 2.15. The van der Waals surface area contributed by atoms with E-state index in [0.29, 0.717) is 12.2 Å². The summed E-state index contributed by atoms with van der Waals surface area (Å²) < 4.78 is 37.4. The van der Waals surface area contributed by atoms with Gasteiger partial charge >= 0.3 is 0 Å². The first-order chi connectivity index (χ1) is 11.0. The quantitative estimate of drug-likeness (QED) is 0.829. The van der Waals surface area contributed by atoms with Crippen LogP contribution in [0.1, 0.15) is 5.56 Å². The molecule has 0 unspecified atom stereocenters. The smallest absolute Gasteiger partial charge is 0.240 e. The summed E-state index contributed by atoms with van der Waals surface area (Å²) in [4.78, 5) is 0.100. The first-order valence-electron chi connectivity index (χ1n) is 6.93. The lowest BCUT2D eigenvalue weighted by Gasteiger charge is -2.10. The van der Waals surface area contributed by atoms with E-state index in [2.05, 4.69) is 4.72 Å². The van der Waals surface area contributed by atoms with Crippen LogP contribution in [-0.2, 0) is 16.4 Å². The molecule has 0 aliphatic rings. The molecular formula is C16H18ClNO4S. The number of nitrogens with one attached hydrogen (secondary N) is 1. The molecule has 7 heteroatoms. The van der Waals surface area contributed by atoms with Gasteiger partial charge in [0, 0.05) is 6.54 Å². The minimum absolute atomic E-state index is 0.100. The van der Waals surface area contributed by atoms with Gasteiger partial charge in [0.15, 0.2) is 0 Å². The maximum Gasteiger partial charge on any atom is 0.240 e. The third kappa shape index (κ3) is 4.37. The van der Waals surface area contributed by atoms with Crippen LogP contribution in [0, 0.1) is 0 Å². The summed E-state index contributed by atoms with van der Waals surface area (Å²) in [5.41, 5.74) is 0.936. The molecular weight excluding hydrogens is 338 g/mol. The van der Waals surface area contributed by atoms with Gasteiger partial charge in [-0.25, -0.2) is 13.1 Å². The fourth-order valence-electron chi connectivity index (χ4n) is 2.13. The third-order valence-electron chi connectivity index (χ3n) is 3.31. The maximum absolute atomic E-state index is 12.3. The fourth-order valence-corrected chi connectivity index (χ4v) is 3.51. The minimum atomic E-state index is -3.63. The molecule has 0 aliphatic heterocycles. The van der Waals surface area contributed by atoms with Gasteiger partial charge in [-0.1, -0.05) is 29.8 Å². The average molecular weight is 356 g/mol. The van der Waals surface area contributed by atoms with E-state index >= 15 is 0 Å².